The van der Waals surface area contributed by atoms with Crippen LogP contribution in [0, 0.1) is 0 Å². The number of unbranched alkanes of at least 4 members (excludes halogenated alkanes) is 17. The van der Waals surface area contributed by atoms with Gasteiger partial charge in [0.25, 0.3) is 0 Å². The predicted octanol–water partition coefficient (Wildman–Crippen LogP) is 17.5. The van der Waals surface area contributed by atoms with Crippen LogP contribution in [0.3, 0.4) is 0 Å². The number of carbonyl (C=O) groups is 3. The third-order valence-electron chi connectivity index (χ3n) is 10.8. The largest absolute Gasteiger partial charge is 0.462 e. The van der Waals surface area contributed by atoms with Gasteiger partial charge < -0.3 is 14.2 Å². The average Bonchev–Trinajstić information content (AvgIpc) is 3.30. The summed E-state index contributed by atoms with van der Waals surface area (Å²) in [6.07, 6.45) is 70.8. The molecule has 0 aliphatic rings. The van der Waals surface area contributed by atoms with Gasteiger partial charge in [0.05, 0.1) is 0 Å². The summed E-state index contributed by atoms with van der Waals surface area (Å²) in [6, 6.07) is 0. The summed E-state index contributed by atoms with van der Waals surface area (Å²) in [7, 11) is 0. The molecule has 0 aromatic heterocycles. The van der Waals surface area contributed by atoms with Crippen molar-refractivity contribution >= 4 is 17.9 Å². The maximum atomic E-state index is 12.8. The number of esters is 3. The Labute approximate surface area is 400 Å². The van der Waals surface area contributed by atoms with Crippen molar-refractivity contribution in [3.63, 3.8) is 0 Å². The molecule has 0 amide bonds. The molecule has 0 saturated heterocycles. The van der Waals surface area contributed by atoms with E-state index in [0.717, 1.165) is 103 Å². The van der Waals surface area contributed by atoms with Gasteiger partial charge in [0.15, 0.2) is 6.10 Å². The summed E-state index contributed by atoms with van der Waals surface area (Å²) in [5.74, 6) is -1.03. The van der Waals surface area contributed by atoms with E-state index in [2.05, 4.69) is 124 Å². The summed E-state index contributed by atoms with van der Waals surface area (Å²) in [6.45, 7) is 6.39. The van der Waals surface area contributed by atoms with E-state index >= 15 is 0 Å². The lowest BCUT2D eigenvalue weighted by molar-refractivity contribution is -0.166. The maximum Gasteiger partial charge on any atom is 0.306 e. The lowest BCUT2D eigenvalue weighted by Crippen LogP contribution is -2.30. The van der Waals surface area contributed by atoms with Crippen LogP contribution in [0.15, 0.2) is 109 Å². The first-order valence-electron chi connectivity index (χ1n) is 26.4. The van der Waals surface area contributed by atoms with E-state index in [1.807, 2.05) is 6.08 Å². The third-order valence-corrected chi connectivity index (χ3v) is 10.8. The van der Waals surface area contributed by atoms with Crippen LogP contribution >= 0.6 is 0 Å². The Hall–Kier alpha value is -3.93. The Bertz CT molecular complexity index is 1360. The molecule has 0 unspecified atom stereocenters. The molecule has 0 aromatic carbocycles. The minimum Gasteiger partial charge on any atom is -0.462 e. The van der Waals surface area contributed by atoms with E-state index in [0.29, 0.717) is 12.8 Å². The van der Waals surface area contributed by atoms with Crippen LogP contribution in [-0.4, -0.2) is 37.2 Å². The van der Waals surface area contributed by atoms with Crippen LogP contribution in [0.1, 0.15) is 226 Å². The number of rotatable bonds is 46. The summed E-state index contributed by atoms with van der Waals surface area (Å²) >= 11 is 0. The van der Waals surface area contributed by atoms with Crippen LogP contribution in [-0.2, 0) is 28.6 Å². The van der Waals surface area contributed by atoms with Crippen molar-refractivity contribution in [2.45, 2.75) is 232 Å². The molecule has 6 nitrogen and oxygen atoms in total. The Kier molecular flexibility index (Phi) is 49.5. The van der Waals surface area contributed by atoms with Gasteiger partial charge >= 0.3 is 17.9 Å². The number of allylic oxidation sites excluding steroid dienone is 18. The summed E-state index contributed by atoms with van der Waals surface area (Å²) in [5, 5.41) is 0. The zero-order valence-corrected chi connectivity index (χ0v) is 42.0. The highest BCUT2D eigenvalue weighted by Gasteiger charge is 2.19. The van der Waals surface area contributed by atoms with E-state index in [4.69, 9.17) is 14.2 Å². The molecule has 1 atom stereocenters. The molecule has 368 valence electrons. The van der Waals surface area contributed by atoms with Crippen molar-refractivity contribution in [2.24, 2.45) is 0 Å². The van der Waals surface area contributed by atoms with E-state index in [1.54, 1.807) is 0 Å². The molecular weight excluding hydrogens is 805 g/mol. The standard InChI is InChI=1S/C59H96O6/c1-4-7-10-13-16-19-22-24-26-28-29-31-32-34-37-40-43-46-49-52-58(61)64-55-56(54-63-57(60)51-48-45-42-39-36-21-18-15-12-9-6-3)65-59(62)53-50-47-44-41-38-35-33-30-27-25-23-20-17-14-11-8-5-2/h8,11,16-17,19-20,24-27,29,31,33-35,37,43,46,56H,4-7,9-10,12-15,18,21-23,28,30,32,36,38-42,44-45,47-55H2,1-3H3/b11-8-,19-16-,20-17-,26-24-,27-25-,31-29-,35-33-,37-34-,46-43-/t56-/m0/s1. The molecule has 0 spiro atoms. The molecule has 0 rings (SSSR count). The Morgan fingerprint density at radius 1 is 0.323 bits per heavy atom. The zero-order valence-electron chi connectivity index (χ0n) is 42.0. The van der Waals surface area contributed by atoms with Gasteiger partial charge in [-0.3, -0.25) is 14.4 Å². The normalized spacial score (nSPS) is 13.0. The summed E-state index contributed by atoms with van der Waals surface area (Å²) in [4.78, 5) is 38.0. The Balaban J connectivity index is 4.54. The van der Waals surface area contributed by atoms with Crippen molar-refractivity contribution in [1.29, 1.82) is 0 Å². The average molecular weight is 901 g/mol. The zero-order chi connectivity index (χ0) is 47.2. The highest BCUT2D eigenvalue weighted by atomic mass is 16.6. The fourth-order valence-electron chi connectivity index (χ4n) is 6.83. The Morgan fingerprint density at radius 2 is 0.631 bits per heavy atom. The lowest BCUT2D eigenvalue weighted by Gasteiger charge is -2.18. The van der Waals surface area contributed by atoms with Gasteiger partial charge in [-0.2, -0.15) is 0 Å². The van der Waals surface area contributed by atoms with Gasteiger partial charge in [0.1, 0.15) is 13.2 Å². The first-order valence-corrected chi connectivity index (χ1v) is 26.4. The van der Waals surface area contributed by atoms with Crippen LogP contribution in [0.2, 0.25) is 0 Å². The van der Waals surface area contributed by atoms with Gasteiger partial charge in [0.2, 0.25) is 0 Å². The van der Waals surface area contributed by atoms with Crippen molar-refractivity contribution in [1.82, 2.24) is 0 Å². The molecule has 0 bridgehead atoms. The monoisotopic (exact) mass is 901 g/mol. The summed E-state index contributed by atoms with van der Waals surface area (Å²) in [5.41, 5.74) is 0. The molecule has 6 heteroatoms. The molecule has 0 radical (unpaired) electrons. The topological polar surface area (TPSA) is 78.9 Å². The second-order valence-electron chi connectivity index (χ2n) is 17.1. The van der Waals surface area contributed by atoms with Crippen molar-refractivity contribution in [3.05, 3.63) is 109 Å². The highest BCUT2D eigenvalue weighted by molar-refractivity contribution is 5.71. The number of carbonyl (C=O) groups excluding carboxylic acids is 3. The predicted molar refractivity (Wildman–Crippen MR) is 279 cm³/mol. The quantitative estimate of drug-likeness (QED) is 0.0262. The molecule has 0 fully saturated rings. The molecule has 0 saturated carbocycles. The van der Waals surface area contributed by atoms with Crippen molar-refractivity contribution < 1.29 is 28.6 Å². The minimum absolute atomic E-state index is 0.111. The first-order chi connectivity index (χ1) is 32.0. The van der Waals surface area contributed by atoms with E-state index in [1.165, 1.54) is 77.0 Å². The second-order valence-corrected chi connectivity index (χ2v) is 17.1. The summed E-state index contributed by atoms with van der Waals surface area (Å²) < 4.78 is 16.7. The maximum absolute atomic E-state index is 12.8. The second kappa shape index (κ2) is 52.7. The van der Waals surface area contributed by atoms with E-state index in [-0.39, 0.29) is 44.0 Å². The first kappa shape index (κ1) is 61.1. The van der Waals surface area contributed by atoms with Crippen LogP contribution in [0.4, 0.5) is 0 Å². The smallest absolute Gasteiger partial charge is 0.306 e. The Morgan fingerprint density at radius 3 is 1.06 bits per heavy atom. The van der Waals surface area contributed by atoms with Gasteiger partial charge in [0, 0.05) is 19.3 Å². The van der Waals surface area contributed by atoms with Gasteiger partial charge in [-0.15, -0.1) is 0 Å². The molecule has 0 aliphatic heterocycles. The SMILES string of the molecule is CC/C=C\C/C=C\C/C=C\C/C=C\CCCCCCC(=O)O[C@H](COC(=O)CC/C=C\C/C=C\C/C=C\C/C=C\C/C=C\CCCCC)COC(=O)CCCCCCCCCCCCC. The van der Waals surface area contributed by atoms with E-state index in [9.17, 15) is 14.4 Å². The number of hydrogen-bond donors (Lipinski definition) is 0. The molecule has 0 N–H and O–H groups in total. The van der Waals surface area contributed by atoms with Crippen LogP contribution in [0.25, 0.3) is 0 Å². The molecule has 0 aromatic rings. The van der Waals surface area contributed by atoms with Crippen molar-refractivity contribution in [2.75, 3.05) is 13.2 Å². The van der Waals surface area contributed by atoms with Crippen molar-refractivity contribution in [3.8, 4) is 0 Å². The number of hydrogen-bond acceptors (Lipinski definition) is 6. The molecule has 0 aliphatic carbocycles. The lowest BCUT2D eigenvalue weighted by atomic mass is 10.1. The van der Waals surface area contributed by atoms with E-state index < -0.39 is 6.10 Å². The molecule has 0 heterocycles. The van der Waals surface area contributed by atoms with Crippen LogP contribution in [0.5, 0.6) is 0 Å². The van der Waals surface area contributed by atoms with Crippen LogP contribution < -0.4 is 0 Å². The molecular formula is C59H96O6. The highest BCUT2D eigenvalue weighted by Crippen LogP contribution is 2.13. The third kappa shape index (κ3) is 50.9. The fourth-order valence-corrected chi connectivity index (χ4v) is 6.83. The van der Waals surface area contributed by atoms with Gasteiger partial charge in [-0.05, 0) is 96.3 Å². The molecule has 65 heavy (non-hydrogen) atoms. The number of ether oxygens (including phenoxy) is 3. The fraction of sp³-hybridized carbons (Fsp3) is 0.644. The van der Waals surface area contributed by atoms with Gasteiger partial charge in [-0.25, -0.2) is 0 Å². The van der Waals surface area contributed by atoms with Gasteiger partial charge in [-0.1, -0.05) is 220 Å². The minimum atomic E-state index is -0.820.